The van der Waals surface area contributed by atoms with Crippen LogP contribution in [0.5, 0.6) is 0 Å². The monoisotopic (exact) mass is 366 g/mol. The van der Waals surface area contributed by atoms with Crippen molar-refractivity contribution < 1.29 is 0 Å². The van der Waals surface area contributed by atoms with Gasteiger partial charge in [-0.1, -0.05) is 58.4 Å². The Morgan fingerprint density at radius 1 is 1.00 bits per heavy atom. The molecule has 1 N–H and O–H groups in total. The summed E-state index contributed by atoms with van der Waals surface area (Å²) in [6, 6.07) is 19.9. The Bertz CT molecular complexity index is 814. The molecule has 4 nitrogen and oxygen atoms in total. The number of hydrogen-bond acceptors (Lipinski definition) is 4. The molecule has 0 atom stereocenters. The van der Waals surface area contributed by atoms with Gasteiger partial charge < -0.3 is 0 Å². The fourth-order valence-corrected chi connectivity index (χ4v) is 2.35. The first kappa shape index (κ1) is 15.4. The van der Waals surface area contributed by atoms with Gasteiger partial charge in [-0.3, -0.25) is 0 Å². The topological polar surface area (TPSA) is 50.2 Å². The van der Waals surface area contributed by atoms with Gasteiger partial charge >= 0.3 is 0 Å². The van der Waals surface area contributed by atoms with Crippen LogP contribution >= 0.6 is 15.9 Å². The second kappa shape index (κ2) is 7.15. The van der Waals surface area contributed by atoms with Crippen molar-refractivity contribution in [3.63, 3.8) is 0 Å². The molecule has 0 aliphatic rings. The summed E-state index contributed by atoms with van der Waals surface area (Å²) in [4.78, 5) is 8.87. The molecule has 5 heteroatoms. The Hall–Kier alpha value is -2.53. The number of aromatic nitrogens is 2. The third-order valence-electron chi connectivity index (χ3n) is 3.17. The van der Waals surface area contributed by atoms with Crippen LogP contribution in [0.1, 0.15) is 11.3 Å². The summed E-state index contributed by atoms with van der Waals surface area (Å²) < 4.78 is 1.04. The van der Waals surface area contributed by atoms with E-state index in [9.17, 15) is 0 Å². The maximum absolute atomic E-state index is 4.51. The second-order valence-electron chi connectivity index (χ2n) is 5.01. The van der Waals surface area contributed by atoms with Gasteiger partial charge in [0.05, 0.1) is 11.9 Å². The average molecular weight is 367 g/mol. The fraction of sp³-hybridized carbons (Fsp3) is 0.0556. The van der Waals surface area contributed by atoms with Crippen LogP contribution in [0.3, 0.4) is 0 Å². The van der Waals surface area contributed by atoms with Crippen LogP contribution in [0.4, 0.5) is 5.95 Å². The molecule has 0 fully saturated rings. The van der Waals surface area contributed by atoms with Crippen LogP contribution in [-0.4, -0.2) is 16.2 Å². The second-order valence-corrected chi connectivity index (χ2v) is 5.92. The highest BCUT2D eigenvalue weighted by atomic mass is 79.9. The van der Waals surface area contributed by atoms with Crippen LogP contribution in [0.15, 0.2) is 70.2 Å². The highest BCUT2D eigenvalue weighted by Gasteiger charge is 2.03. The van der Waals surface area contributed by atoms with Crippen molar-refractivity contribution >= 4 is 28.1 Å². The van der Waals surface area contributed by atoms with Gasteiger partial charge in [0.15, 0.2) is 0 Å². The van der Waals surface area contributed by atoms with E-state index in [-0.39, 0.29) is 0 Å². The number of hydrazone groups is 1. The largest absolute Gasteiger partial charge is 0.245 e. The Labute approximate surface area is 143 Å². The smallest absolute Gasteiger partial charge is 0.244 e. The molecule has 0 radical (unpaired) electrons. The molecule has 0 saturated carbocycles. The van der Waals surface area contributed by atoms with E-state index >= 15 is 0 Å². The van der Waals surface area contributed by atoms with Gasteiger partial charge in [0.25, 0.3) is 0 Å². The standard InChI is InChI=1S/C18H15BrN4/c1-13-11-17(15-5-3-2-4-6-15)22-18(21-13)23-20-12-14-7-9-16(19)10-8-14/h2-12H,1H3,(H,21,22,23). The molecular formula is C18H15BrN4. The molecule has 0 aliphatic heterocycles. The minimum absolute atomic E-state index is 0.484. The van der Waals surface area contributed by atoms with E-state index in [1.807, 2.05) is 67.6 Å². The summed E-state index contributed by atoms with van der Waals surface area (Å²) in [6.07, 6.45) is 1.74. The van der Waals surface area contributed by atoms with E-state index in [0.717, 1.165) is 27.0 Å². The lowest BCUT2D eigenvalue weighted by Gasteiger charge is -2.05. The number of nitrogens with one attached hydrogen (secondary N) is 1. The van der Waals surface area contributed by atoms with E-state index in [1.54, 1.807) is 6.21 Å². The third kappa shape index (κ3) is 4.23. The summed E-state index contributed by atoms with van der Waals surface area (Å²) in [6.45, 7) is 1.94. The summed E-state index contributed by atoms with van der Waals surface area (Å²) in [7, 11) is 0. The van der Waals surface area contributed by atoms with E-state index < -0.39 is 0 Å². The number of halogens is 1. The van der Waals surface area contributed by atoms with Crippen molar-refractivity contribution in [2.24, 2.45) is 5.10 Å². The van der Waals surface area contributed by atoms with Crippen LogP contribution in [0, 0.1) is 6.92 Å². The van der Waals surface area contributed by atoms with E-state index in [1.165, 1.54) is 0 Å². The number of anilines is 1. The zero-order valence-electron chi connectivity index (χ0n) is 12.6. The van der Waals surface area contributed by atoms with E-state index in [4.69, 9.17) is 0 Å². The molecule has 0 spiro atoms. The van der Waals surface area contributed by atoms with Crippen molar-refractivity contribution in [2.75, 3.05) is 5.43 Å². The van der Waals surface area contributed by atoms with Crippen molar-refractivity contribution in [3.05, 3.63) is 76.4 Å². The van der Waals surface area contributed by atoms with Crippen LogP contribution in [0.2, 0.25) is 0 Å². The molecule has 0 unspecified atom stereocenters. The molecule has 0 aliphatic carbocycles. The van der Waals surface area contributed by atoms with Gasteiger partial charge in [-0.05, 0) is 30.7 Å². The van der Waals surface area contributed by atoms with Gasteiger partial charge in [0, 0.05) is 15.7 Å². The maximum Gasteiger partial charge on any atom is 0.244 e. The molecule has 1 heterocycles. The normalized spacial score (nSPS) is 10.9. The third-order valence-corrected chi connectivity index (χ3v) is 3.70. The summed E-state index contributed by atoms with van der Waals surface area (Å²) in [5.74, 6) is 0.484. The zero-order valence-corrected chi connectivity index (χ0v) is 14.2. The highest BCUT2D eigenvalue weighted by Crippen LogP contribution is 2.18. The number of benzene rings is 2. The first-order valence-corrected chi connectivity index (χ1v) is 7.96. The molecule has 3 rings (SSSR count). The van der Waals surface area contributed by atoms with E-state index in [2.05, 4.69) is 36.4 Å². The summed E-state index contributed by atoms with van der Waals surface area (Å²) in [5, 5.41) is 4.20. The number of aryl methyl sites for hydroxylation is 1. The fourth-order valence-electron chi connectivity index (χ4n) is 2.09. The Kier molecular flexibility index (Phi) is 4.78. The molecule has 3 aromatic rings. The average Bonchev–Trinajstić information content (AvgIpc) is 2.57. The minimum Gasteiger partial charge on any atom is -0.245 e. The van der Waals surface area contributed by atoms with Gasteiger partial charge in [0.1, 0.15) is 0 Å². The molecule has 114 valence electrons. The SMILES string of the molecule is Cc1cc(-c2ccccc2)nc(NN=Cc2ccc(Br)cc2)n1. The molecule has 0 bridgehead atoms. The van der Waals surface area contributed by atoms with Crippen molar-refractivity contribution in [3.8, 4) is 11.3 Å². The van der Waals surface area contributed by atoms with Crippen molar-refractivity contribution in [2.45, 2.75) is 6.92 Å². The lowest BCUT2D eigenvalue weighted by Crippen LogP contribution is -2.00. The van der Waals surface area contributed by atoms with Gasteiger partial charge in [0.2, 0.25) is 5.95 Å². The maximum atomic E-state index is 4.51. The number of rotatable bonds is 4. The molecule has 0 amide bonds. The molecule has 2 aromatic carbocycles. The predicted octanol–water partition coefficient (Wildman–Crippen LogP) is 4.66. The molecule has 1 aromatic heterocycles. The summed E-state index contributed by atoms with van der Waals surface area (Å²) >= 11 is 3.41. The quantitative estimate of drug-likeness (QED) is 0.539. The molecular weight excluding hydrogens is 352 g/mol. The zero-order chi connectivity index (χ0) is 16.1. The minimum atomic E-state index is 0.484. The number of nitrogens with zero attached hydrogens (tertiary/aromatic N) is 3. The number of hydrogen-bond donors (Lipinski definition) is 1. The van der Waals surface area contributed by atoms with Crippen LogP contribution in [-0.2, 0) is 0 Å². The lowest BCUT2D eigenvalue weighted by atomic mass is 10.1. The summed E-state index contributed by atoms with van der Waals surface area (Å²) in [5.41, 5.74) is 6.71. The lowest BCUT2D eigenvalue weighted by molar-refractivity contribution is 1.08. The Morgan fingerprint density at radius 3 is 2.48 bits per heavy atom. The van der Waals surface area contributed by atoms with Crippen molar-refractivity contribution in [1.29, 1.82) is 0 Å². The van der Waals surface area contributed by atoms with Crippen molar-refractivity contribution in [1.82, 2.24) is 9.97 Å². The first-order valence-electron chi connectivity index (χ1n) is 7.16. The Balaban J connectivity index is 1.78. The van der Waals surface area contributed by atoms with Gasteiger partial charge in [-0.2, -0.15) is 5.10 Å². The molecule has 23 heavy (non-hydrogen) atoms. The van der Waals surface area contributed by atoms with Crippen LogP contribution in [0.25, 0.3) is 11.3 Å². The van der Waals surface area contributed by atoms with Crippen LogP contribution < -0.4 is 5.43 Å². The van der Waals surface area contributed by atoms with Gasteiger partial charge in [-0.15, -0.1) is 0 Å². The van der Waals surface area contributed by atoms with Gasteiger partial charge in [-0.25, -0.2) is 15.4 Å². The molecule has 0 saturated heterocycles. The Morgan fingerprint density at radius 2 is 1.74 bits per heavy atom. The predicted molar refractivity (Wildman–Crippen MR) is 97.6 cm³/mol. The van der Waals surface area contributed by atoms with E-state index in [0.29, 0.717) is 5.95 Å². The first-order chi connectivity index (χ1) is 11.2. The highest BCUT2D eigenvalue weighted by molar-refractivity contribution is 9.10.